The third kappa shape index (κ3) is 2.64. The van der Waals surface area contributed by atoms with Gasteiger partial charge in [-0.2, -0.15) is 0 Å². The smallest absolute Gasteiger partial charge is 0.496 e. The summed E-state index contributed by atoms with van der Waals surface area (Å²) in [5, 5.41) is 34.2. The van der Waals surface area contributed by atoms with E-state index in [1.807, 2.05) is 13.1 Å². The minimum absolute atomic E-state index is 0.0391. The monoisotopic (exact) mass is 371 g/mol. The number of fused-ring (bicyclic) bond motifs is 5. The molecule has 3 atom stereocenters. The fourth-order valence-electron chi connectivity index (χ4n) is 6.14. The highest BCUT2D eigenvalue weighted by atomic mass is 16.4. The van der Waals surface area contributed by atoms with Crippen molar-refractivity contribution in [2.75, 3.05) is 7.05 Å². The van der Waals surface area contributed by atoms with Crippen molar-refractivity contribution in [1.82, 2.24) is 5.32 Å². The predicted molar refractivity (Wildman–Crippen MR) is 107 cm³/mol. The molecule has 0 amide bonds. The first kappa shape index (κ1) is 18.8. The fourth-order valence-corrected chi connectivity index (χ4v) is 6.14. The Kier molecular flexibility index (Phi) is 4.37. The van der Waals surface area contributed by atoms with Gasteiger partial charge in [-0.1, -0.05) is 27.2 Å². The van der Waals surface area contributed by atoms with Gasteiger partial charge in [-0.3, -0.25) is 0 Å². The molecule has 1 fully saturated rings. The van der Waals surface area contributed by atoms with E-state index in [1.165, 1.54) is 18.4 Å². The van der Waals surface area contributed by atoms with E-state index in [-0.39, 0.29) is 28.1 Å². The van der Waals surface area contributed by atoms with Gasteiger partial charge in [0, 0.05) is 10.9 Å². The average Bonchev–Trinajstić information content (AvgIpc) is 2.90. The largest absolute Gasteiger partial charge is 0.508 e. The zero-order chi connectivity index (χ0) is 19.6. The second-order valence-corrected chi connectivity index (χ2v) is 9.32. The second-order valence-electron chi connectivity index (χ2n) is 9.32. The van der Waals surface area contributed by atoms with E-state index in [9.17, 15) is 15.2 Å². The lowest BCUT2D eigenvalue weighted by molar-refractivity contribution is 0.0500. The summed E-state index contributed by atoms with van der Waals surface area (Å²) < 4.78 is 6.29. The van der Waals surface area contributed by atoms with Crippen LogP contribution in [0.5, 0.6) is 5.75 Å². The molecule has 1 aromatic carbocycles. The van der Waals surface area contributed by atoms with Crippen molar-refractivity contribution in [3.05, 3.63) is 23.5 Å². The number of furan rings is 1. The third-order valence-electron chi connectivity index (χ3n) is 7.37. The Balaban J connectivity index is 2.05. The maximum absolute atomic E-state index is 10.2. The molecule has 1 heterocycles. The molecule has 146 valence electrons. The van der Waals surface area contributed by atoms with Gasteiger partial charge in [-0.25, -0.2) is 0 Å². The van der Waals surface area contributed by atoms with Gasteiger partial charge in [0.25, 0.3) is 0 Å². The van der Waals surface area contributed by atoms with Gasteiger partial charge < -0.3 is 24.9 Å². The molecule has 27 heavy (non-hydrogen) atoms. The first-order chi connectivity index (χ1) is 12.7. The van der Waals surface area contributed by atoms with Gasteiger partial charge in [0.05, 0.1) is 11.5 Å². The molecule has 0 spiro atoms. The lowest BCUT2D eigenvalue weighted by Gasteiger charge is -2.50. The van der Waals surface area contributed by atoms with Crippen LogP contribution in [0, 0.1) is 11.3 Å². The van der Waals surface area contributed by atoms with Crippen LogP contribution in [-0.4, -0.2) is 29.3 Å². The highest BCUT2D eigenvalue weighted by Crippen LogP contribution is 2.59. The van der Waals surface area contributed by atoms with Crippen LogP contribution in [0.15, 0.2) is 16.5 Å². The minimum Gasteiger partial charge on any atom is -0.508 e. The van der Waals surface area contributed by atoms with Gasteiger partial charge in [0.2, 0.25) is 0 Å². The fraction of sp³-hybridized carbons (Fsp3) is 0.619. The molecule has 5 nitrogen and oxygen atoms in total. The summed E-state index contributed by atoms with van der Waals surface area (Å²) in [5.74, 6) is 1.27. The molecule has 4 N–H and O–H groups in total. The molecule has 1 aromatic heterocycles. The Morgan fingerprint density at radius 3 is 2.56 bits per heavy atom. The number of rotatable bonds is 2. The Labute approximate surface area is 160 Å². The molecule has 2 aliphatic carbocycles. The van der Waals surface area contributed by atoms with E-state index in [4.69, 9.17) is 4.42 Å². The number of hydrogen-bond donors (Lipinski definition) is 4. The zero-order valence-corrected chi connectivity index (χ0v) is 16.7. The molecule has 3 unspecified atom stereocenters. The van der Waals surface area contributed by atoms with Crippen LogP contribution in [-0.2, 0) is 5.41 Å². The molecule has 4 rings (SSSR count). The van der Waals surface area contributed by atoms with Gasteiger partial charge in [-0.15, -0.1) is 0 Å². The van der Waals surface area contributed by atoms with Crippen molar-refractivity contribution in [3.8, 4) is 5.75 Å². The number of nitrogens with one attached hydrogen (secondary N) is 1. The summed E-state index contributed by atoms with van der Waals surface area (Å²) in [5.41, 5.74) is 1.86. The van der Waals surface area contributed by atoms with Crippen molar-refractivity contribution in [1.29, 1.82) is 0 Å². The summed E-state index contributed by atoms with van der Waals surface area (Å²) in [6.07, 6.45) is 5.61. The molecular weight excluding hydrogens is 341 g/mol. The highest BCUT2D eigenvalue weighted by molar-refractivity contribution is 6.62. The van der Waals surface area contributed by atoms with Crippen LogP contribution in [0.4, 0.5) is 0 Å². The number of benzene rings is 1. The Hall–Kier alpha value is -1.50. The second kappa shape index (κ2) is 6.26. The summed E-state index contributed by atoms with van der Waals surface area (Å²) in [7, 11) is 0.173. The van der Waals surface area contributed by atoms with E-state index in [0.717, 1.165) is 30.4 Å². The van der Waals surface area contributed by atoms with Gasteiger partial charge >= 0.3 is 7.12 Å². The third-order valence-corrected chi connectivity index (χ3v) is 7.37. The summed E-state index contributed by atoms with van der Waals surface area (Å²) in [4.78, 5) is 0. The van der Waals surface area contributed by atoms with Crippen LogP contribution in [0.1, 0.15) is 70.2 Å². The number of hydrogen-bond acceptors (Lipinski definition) is 5. The average molecular weight is 371 g/mol. The molecule has 1 saturated carbocycles. The molecule has 0 aliphatic heterocycles. The zero-order valence-electron chi connectivity index (χ0n) is 16.7. The van der Waals surface area contributed by atoms with E-state index in [1.54, 1.807) is 6.07 Å². The standard InChI is InChI=1S/C21H30BNO4/c1-20(2)10-5-11-21(3)15(20)9-7-13(23-4)19-16(21)12-6-8-14(24)17(22(25)26)18(12)27-19/h6,8,13,15,23-26H,5,7,9-11H2,1-4H3. The maximum atomic E-state index is 10.2. The van der Waals surface area contributed by atoms with Crippen LogP contribution >= 0.6 is 0 Å². The summed E-state index contributed by atoms with van der Waals surface area (Å²) >= 11 is 0. The van der Waals surface area contributed by atoms with Crippen molar-refractivity contribution in [2.45, 2.75) is 64.3 Å². The predicted octanol–water partition coefficient (Wildman–Crippen LogP) is 2.96. The van der Waals surface area contributed by atoms with Crippen molar-refractivity contribution < 1.29 is 19.6 Å². The Bertz CT molecular complexity index is 875. The van der Waals surface area contributed by atoms with Gasteiger partial charge in [-0.05, 0) is 61.6 Å². The number of phenols is 1. The topological polar surface area (TPSA) is 85.9 Å². The first-order valence-electron chi connectivity index (χ1n) is 10.0. The normalized spacial score (nSPS) is 29.9. The summed E-state index contributed by atoms with van der Waals surface area (Å²) in [6, 6.07) is 3.51. The molecule has 0 saturated heterocycles. The quantitative estimate of drug-likeness (QED) is 0.610. The molecule has 0 radical (unpaired) electrons. The summed E-state index contributed by atoms with van der Waals surface area (Å²) in [6.45, 7) is 7.11. The lowest BCUT2D eigenvalue weighted by atomic mass is 9.53. The Morgan fingerprint density at radius 2 is 1.89 bits per heavy atom. The van der Waals surface area contributed by atoms with Crippen molar-refractivity contribution in [3.63, 3.8) is 0 Å². The first-order valence-corrected chi connectivity index (χ1v) is 10.0. The van der Waals surface area contributed by atoms with E-state index >= 15 is 0 Å². The molecule has 2 aromatic rings. The van der Waals surface area contributed by atoms with Crippen molar-refractivity contribution in [2.24, 2.45) is 11.3 Å². The molecule has 6 heteroatoms. The van der Waals surface area contributed by atoms with E-state index in [2.05, 4.69) is 26.1 Å². The van der Waals surface area contributed by atoms with Crippen LogP contribution in [0.25, 0.3) is 11.0 Å². The highest BCUT2D eigenvalue weighted by Gasteiger charge is 2.52. The number of aromatic hydroxyl groups is 1. The molecule has 2 aliphatic rings. The Morgan fingerprint density at radius 1 is 1.15 bits per heavy atom. The lowest BCUT2D eigenvalue weighted by Crippen LogP contribution is -2.44. The van der Waals surface area contributed by atoms with Gasteiger partial charge in [0.15, 0.2) is 0 Å². The molecular formula is C21H30BNO4. The van der Waals surface area contributed by atoms with E-state index in [0.29, 0.717) is 11.5 Å². The SMILES string of the molecule is CNC1CCC2C(C)(C)CCCC2(C)c2c1oc1c(B(O)O)c(O)ccc21. The van der Waals surface area contributed by atoms with Crippen molar-refractivity contribution >= 4 is 23.6 Å². The molecule has 0 bridgehead atoms. The number of phenolic OH excluding ortho intramolecular Hbond substituents is 1. The van der Waals surface area contributed by atoms with Crippen LogP contribution in [0.2, 0.25) is 0 Å². The van der Waals surface area contributed by atoms with Crippen LogP contribution < -0.4 is 10.8 Å². The van der Waals surface area contributed by atoms with E-state index < -0.39 is 7.12 Å². The minimum atomic E-state index is -1.78. The van der Waals surface area contributed by atoms with Crippen LogP contribution in [0.3, 0.4) is 0 Å². The maximum Gasteiger partial charge on any atom is 0.496 e. The van der Waals surface area contributed by atoms with Gasteiger partial charge in [0.1, 0.15) is 17.1 Å².